The molecule has 0 bridgehead atoms. The summed E-state index contributed by atoms with van der Waals surface area (Å²) in [5, 5.41) is 6.98. The Morgan fingerprint density at radius 2 is 1.96 bits per heavy atom. The van der Waals surface area contributed by atoms with E-state index < -0.39 is 23.7 Å². The molecule has 9 heteroatoms. The monoisotopic (exact) mass is 365 g/mol. The first kappa shape index (κ1) is 18.8. The van der Waals surface area contributed by atoms with Crippen LogP contribution in [0.4, 0.5) is 5.69 Å². The Kier molecular flexibility index (Phi) is 6.81. The van der Waals surface area contributed by atoms with Crippen LogP contribution in [0.15, 0.2) is 29.2 Å². The molecule has 0 saturated carbocycles. The average Bonchev–Trinajstić information content (AvgIpc) is 2.59. The molecule has 1 aliphatic heterocycles. The second kappa shape index (κ2) is 9.07. The van der Waals surface area contributed by atoms with Gasteiger partial charge >= 0.3 is 5.97 Å². The van der Waals surface area contributed by atoms with E-state index in [2.05, 4.69) is 16.0 Å². The van der Waals surface area contributed by atoms with E-state index in [0.29, 0.717) is 12.2 Å². The third-order valence-corrected chi connectivity index (χ3v) is 4.52. The number of carbonyl (C=O) groups excluding carboxylic acids is 4. The van der Waals surface area contributed by atoms with Gasteiger partial charge in [0.1, 0.15) is 0 Å². The molecule has 0 aromatic heterocycles. The van der Waals surface area contributed by atoms with E-state index in [-0.39, 0.29) is 24.8 Å². The molecular formula is C16H19N3O5S. The molecule has 0 spiro atoms. The zero-order chi connectivity index (χ0) is 18.2. The lowest BCUT2D eigenvalue weighted by Crippen LogP contribution is -2.39. The number of hydrogen-bond acceptors (Lipinski definition) is 6. The number of thioether (sulfide) groups is 1. The normalized spacial score (nSPS) is 15.6. The summed E-state index contributed by atoms with van der Waals surface area (Å²) in [5.41, 5.74) is 0.715. The maximum Gasteiger partial charge on any atom is 0.307 e. The van der Waals surface area contributed by atoms with Gasteiger partial charge in [-0.1, -0.05) is 12.1 Å². The van der Waals surface area contributed by atoms with Crippen LogP contribution in [0.25, 0.3) is 0 Å². The highest BCUT2D eigenvalue weighted by Gasteiger charge is 2.29. The van der Waals surface area contributed by atoms with Crippen LogP contribution in [0.1, 0.15) is 13.3 Å². The Balaban J connectivity index is 1.74. The predicted molar refractivity (Wildman–Crippen MR) is 92.0 cm³/mol. The fourth-order valence-electron chi connectivity index (χ4n) is 2.07. The Morgan fingerprint density at radius 3 is 2.72 bits per heavy atom. The number of anilines is 1. The van der Waals surface area contributed by atoms with Crippen molar-refractivity contribution in [3.05, 3.63) is 24.3 Å². The number of hydrogen-bond donors (Lipinski definition) is 3. The van der Waals surface area contributed by atoms with Crippen molar-refractivity contribution in [2.24, 2.45) is 0 Å². The highest BCUT2D eigenvalue weighted by atomic mass is 32.2. The van der Waals surface area contributed by atoms with Gasteiger partial charge in [0.2, 0.25) is 11.8 Å². The highest BCUT2D eigenvalue weighted by Crippen LogP contribution is 2.36. The second-order valence-electron chi connectivity index (χ2n) is 5.19. The Morgan fingerprint density at radius 1 is 1.20 bits per heavy atom. The molecule has 3 amide bonds. The van der Waals surface area contributed by atoms with Crippen LogP contribution in [0, 0.1) is 0 Å². The molecule has 1 aromatic carbocycles. The first-order chi connectivity index (χ1) is 12.0. The summed E-state index contributed by atoms with van der Waals surface area (Å²) in [4.78, 5) is 47.4. The smallest absolute Gasteiger partial charge is 0.307 e. The number of ether oxygens (including phenoxy) is 1. The number of para-hydroxylation sites is 1. The van der Waals surface area contributed by atoms with Crippen molar-refractivity contribution in [1.82, 2.24) is 10.6 Å². The summed E-state index contributed by atoms with van der Waals surface area (Å²) < 4.78 is 4.86. The van der Waals surface area contributed by atoms with Crippen molar-refractivity contribution >= 4 is 41.1 Å². The van der Waals surface area contributed by atoms with Crippen molar-refractivity contribution in [3.8, 4) is 0 Å². The molecule has 0 unspecified atom stereocenters. The molecule has 1 heterocycles. The molecule has 0 fully saturated rings. The van der Waals surface area contributed by atoms with Gasteiger partial charge in [-0.25, -0.2) is 0 Å². The van der Waals surface area contributed by atoms with Crippen LogP contribution in [-0.4, -0.2) is 48.6 Å². The Bertz CT molecular complexity index is 679. The summed E-state index contributed by atoms with van der Waals surface area (Å²) in [7, 11) is 0. The quantitative estimate of drug-likeness (QED) is 0.599. The molecule has 0 saturated heterocycles. The van der Waals surface area contributed by atoms with Crippen LogP contribution in [0.3, 0.4) is 0 Å². The topological polar surface area (TPSA) is 114 Å². The molecule has 8 nitrogen and oxygen atoms in total. The molecule has 1 aliphatic rings. The number of carbonyl (C=O) groups is 4. The van der Waals surface area contributed by atoms with Crippen LogP contribution < -0.4 is 16.0 Å². The fraction of sp³-hybridized carbons (Fsp3) is 0.375. The van der Waals surface area contributed by atoms with Crippen LogP contribution >= 0.6 is 11.8 Å². The van der Waals surface area contributed by atoms with Crippen molar-refractivity contribution in [1.29, 1.82) is 0 Å². The van der Waals surface area contributed by atoms with Crippen molar-refractivity contribution in [2.45, 2.75) is 23.5 Å². The van der Waals surface area contributed by atoms with Crippen LogP contribution in [0.5, 0.6) is 0 Å². The maximum absolute atomic E-state index is 12.0. The molecule has 1 aromatic rings. The minimum absolute atomic E-state index is 0.144. The molecule has 134 valence electrons. The number of benzene rings is 1. The number of nitrogens with one attached hydrogen (secondary N) is 3. The third kappa shape index (κ3) is 5.79. The highest BCUT2D eigenvalue weighted by molar-refractivity contribution is 8.01. The van der Waals surface area contributed by atoms with Gasteiger partial charge in [-0.05, 0) is 19.1 Å². The minimum Gasteiger partial charge on any atom is -0.456 e. The first-order valence-corrected chi connectivity index (χ1v) is 8.63. The number of fused-ring (bicyclic) bond motifs is 1. The molecule has 3 N–H and O–H groups in total. The summed E-state index contributed by atoms with van der Waals surface area (Å²) in [5.74, 6) is -1.83. The van der Waals surface area contributed by atoms with Gasteiger partial charge in [0.15, 0.2) is 6.61 Å². The zero-order valence-electron chi connectivity index (χ0n) is 13.7. The number of amides is 3. The maximum atomic E-state index is 12.0. The largest absolute Gasteiger partial charge is 0.456 e. The van der Waals surface area contributed by atoms with Crippen LogP contribution in [-0.2, 0) is 23.9 Å². The van der Waals surface area contributed by atoms with Gasteiger partial charge in [0, 0.05) is 11.4 Å². The molecule has 0 radical (unpaired) electrons. The van der Waals surface area contributed by atoms with Gasteiger partial charge < -0.3 is 20.7 Å². The lowest BCUT2D eigenvalue weighted by Gasteiger charge is -2.23. The van der Waals surface area contributed by atoms with E-state index in [4.69, 9.17) is 4.74 Å². The van der Waals surface area contributed by atoms with E-state index in [1.807, 2.05) is 18.2 Å². The summed E-state index contributed by atoms with van der Waals surface area (Å²) >= 11 is 1.28. The number of likely N-dealkylation sites (N-methyl/N-ethyl adjacent to an activating group) is 1. The molecular weight excluding hydrogens is 346 g/mol. The lowest BCUT2D eigenvalue weighted by atomic mass is 10.2. The molecule has 1 atom stereocenters. The van der Waals surface area contributed by atoms with Gasteiger partial charge in [0.05, 0.1) is 23.9 Å². The van der Waals surface area contributed by atoms with E-state index in [9.17, 15) is 19.2 Å². The molecule has 25 heavy (non-hydrogen) atoms. The SMILES string of the molecule is CCNC(=O)CNC(=O)COC(=O)C[C@@H]1Sc2ccccc2NC1=O. The van der Waals surface area contributed by atoms with Crippen molar-refractivity contribution in [2.75, 3.05) is 25.0 Å². The minimum atomic E-state index is -0.653. The standard InChI is InChI=1S/C16H19N3O5S/c1-2-17-13(20)8-18-14(21)9-24-15(22)7-12-16(23)19-10-5-3-4-6-11(10)25-12/h3-6,12H,2,7-9H2,1H3,(H,17,20)(H,18,21)(H,19,23)/t12-/m0/s1. The second-order valence-corrected chi connectivity index (χ2v) is 6.43. The van der Waals surface area contributed by atoms with E-state index in [1.165, 1.54) is 11.8 Å². The predicted octanol–water partition coefficient (Wildman–Crippen LogP) is 0.285. The van der Waals surface area contributed by atoms with Gasteiger partial charge in [-0.3, -0.25) is 19.2 Å². The number of esters is 1. The third-order valence-electron chi connectivity index (χ3n) is 3.24. The zero-order valence-corrected chi connectivity index (χ0v) is 14.5. The van der Waals surface area contributed by atoms with Gasteiger partial charge in [-0.15, -0.1) is 11.8 Å². The lowest BCUT2D eigenvalue weighted by molar-refractivity contribution is -0.149. The van der Waals surface area contributed by atoms with Crippen molar-refractivity contribution < 1.29 is 23.9 Å². The Labute approximate surface area is 149 Å². The van der Waals surface area contributed by atoms with E-state index >= 15 is 0 Å². The summed E-state index contributed by atoms with van der Waals surface area (Å²) in [6, 6.07) is 7.30. The fourth-order valence-corrected chi connectivity index (χ4v) is 3.17. The molecule has 2 rings (SSSR count). The van der Waals surface area contributed by atoms with E-state index in [0.717, 1.165) is 4.90 Å². The number of rotatable bonds is 7. The van der Waals surface area contributed by atoms with Crippen molar-refractivity contribution in [3.63, 3.8) is 0 Å². The molecule has 0 aliphatic carbocycles. The first-order valence-electron chi connectivity index (χ1n) is 7.75. The van der Waals surface area contributed by atoms with E-state index in [1.54, 1.807) is 13.0 Å². The van der Waals surface area contributed by atoms with Crippen LogP contribution in [0.2, 0.25) is 0 Å². The summed E-state index contributed by atoms with van der Waals surface area (Å²) in [6.45, 7) is 1.56. The van der Waals surface area contributed by atoms with Gasteiger partial charge in [-0.2, -0.15) is 0 Å². The van der Waals surface area contributed by atoms with Gasteiger partial charge in [0.25, 0.3) is 5.91 Å². The average molecular weight is 365 g/mol. The summed E-state index contributed by atoms with van der Waals surface area (Å²) in [6.07, 6.45) is -0.144. The Hall–Kier alpha value is -2.55.